The molecule has 17 heavy (non-hydrogen) atoms. The Bertz CT molecular complexity index is 507. The fourth-order valence-corrected chi connectivity index (χ4v) is 4.82. The quantitative estimate of drug-likeness (QED) is 0.852. The minimum Gasteiger partial charge on any atom is -0.398 e. The number of hydrogen-bond acceptors (Lipinski definition) is 3. The highest BCUT2D eigenvalue weighted by Gasteiger charge is 2.30. The lowest BCUT2D eigenvalue weighted by atomic mass is 10.0. The first-order chi connectivity index (χ1) is 8.01. The van der Waals surface area contributed by atoms with Crippen LogP contribution in [0.2, 0.25) is 0 Å². The van der Waals surface area contributed by atoms with Gasteiger partial charge in [-0.2, -0.15) is 0 Å². The van der Waals surface area contributed by atoms with Gasteiger partial charge in [0.2, 0.25) is 0 Å². The zero-order valence-electron chi connectivity index (χ0n) is 9.52. The van der Waals surface area contributed by atoms with Crippen LogP contribution in [0.4, 0.5) is 5.69 Å². The number of anilines is 1. The molecule has 1 fully saturated rings. The standard InChI is InChI=1S/C12H16BrNO2S/c13-9-6-7-11(14)12(8-9)17(15,16)10-4-2-1-3-5-10/h6-8,10H,1-5,14H2. The first-order valence-corrected chi connectivity index (χ1v) is 8.14. The summed E-state index contributed by atoms with van der Waals surface area (Å²) in [6.45, 7) is 0. The second-order valence-corrected chi connectivity index (χ2v) is 7.60. The molecule has 3 nitrogen and oxygen atoms in total. The van der Waals surface area contributed by atoms with Gasteiger partial charge in [-0.25, -0.2) is 8.42 Å². The van der Waals surface area contributed by atoms with Crippen molar-refractivity contribution in [2.24, 2.45) is 0 Å². The number of hydrogen-bond donors (Lipinski definition) is 1. The summed E-state index contributed by atoms with van der Waals surface area (Å²) in [5.74, 6) is 0. The molecule has 5 heteroatoms. The van der Waals surface area contributed by atoms with Crippen LogP contribution in [0, 0.1) is 0 Å². The maximum atomic E-state index is 12.5. The van der Waals surface area contributed by atoms with Crippen LogP contribution in [0.5, 0.6) is 0 Å². The molecule has 0 bridgehead atoms. The zero-order valence-corrected chi connectivity index (χ0v) is 11.9. The van der Waals surface area contributed by atoms with Crippen molar-refractivity contribution in [3.8, 4) is 0 Å². The van der Waals surface area contributed by atoms with Crippen LogP contribution in [0.25, 0.3) is 0 Å². The molecule has 1 aliphatic carbocycles. The van der Waals surface area contributed by atoms with Gasteiger partial charge >= 0.3 is 0 Å². The number of halogens is 1. The van der Waals surface area contributed by atoms with E-state index in [1.54, 1.807) is 18.2 Å². The Labute approximate surface area is 110 Å². The number of benzene rings is 1. The van der Waals surface area contributed by atoms with E-state index in [0.29, 0.717) is 5.69 Å². The summed E-state index contributed by atoms with van der Waals surface area (Å²) in [6.07, 6.45) is 4.65. The third-order valence-electron chi connectivity index (χ3n) is 3.27. The van der Waals surface area contributed by atoms with E-state index < -0.39 is 9.84 Å². The van der Waals surface area contributed by atoms with Crippen molar-refractivity contribution in [1.82, 2.24) is 0 Å². The second kappa shape index (κ2) is 4.98. The molecule has 0 spiro atoms. The van der Waals surface area contributed by atoms with Crippen LogP contribution in [0.1, 0.15) is 32.1 Å². The van der Waals surface area contributed by atoms with E-state index in [2.05, 4.69) is 15.9 Å². The maximum Gasteiger partial charge on any atom is 0.183 e. The zero-order chi connectivity index (χ0) is 12.5. The monoisotopic (exact) mass is 317 g/mol. The lowest BCUT2D eigenvalue weighted by molar-refractivity contribution is 0.484. The molecule has 0 unspecified atom stereocenters. The predicted octanol–water partition coefficient (Wildman–Crippen LogP) is 3.14. The topological polar surface area (TPSA) is 60.2 Å². The van der Waals surface area contributed by atoms with Crippen molar-refractivity contribution in [1.29, 1.82) is 0 Å². The summed E-state index contributed by atoms with van der Waals surface area (Å²) in [6, 6.07) is 5.01. The molecule has 0 saturated heterocycles. The van der Waals surface area contributed by atoms with Crippen molar-refractivity contribution >= 4 is 31.5 Å². The fourth-order valence-electron chi connectivity index (χ4n) is 2.31. The van der Waals surface area contributed by atoms with E-state index in [4.69, 9.17) is 5.73 Å². The number of sulfone groups is 1. The number of nitrogens with two attached hydrogens (primary N) is 1. The molecule has 1 aliphatic rings. The average Bonchev–Trinajstić information content (AvgIpc) is 2.33. The fraction of sp³-hybridized carbons (Fsp3) is 0.500. The van der Waals surface area contributed by atoms with E-state index in [0.717, 1.165) is 36.6 Å². The lowest BCUT2D eigenvalue weighted by Gasteiger charge is -2.22. The van der Waals surface area contributed by atoms with Crippen molar-refractivity contribution in [3.05, 3.63) is 22.7 Å². The molecule has 0 aliphatic heterocycles. The first-order valence-electron chi connectivity index (χ1n) is 5.81. The molecule has 94 valence electrons. The minimum atomic E-state index is -3.27. The summed E-state index contributed by atoms with van der Waals surface area (Å²) in [4.78, 5) is 0.277. The highest BCUT2D eigenvalue weighted by molar-refractivity contribution is 9.10. The van der Waals surface area contributed by atoms with Crippen LogP contribution >= 0.6 is 15.9 Å². The Kier molecular flexibility index (Phi) is 3.78. The summed E-state index contributed by atoms with van der Waals surface area (Å²) >= 11 is 3.29. The third kappa shape index (κ3) is 2.65. The molecular weight excluding hydrogens is 302 g/mol. The van der Waals surface area contributed by atoms with Crippen LogP contribution in [-0.4, -0.2) is 13.7 Å². The van der Waals surface area contributed by atoms with Gasteiger partial charge in [0, 0.05) is 4.47 Å². The second-order valence-electron chi connectivity index (χ2n) is 4.49. The Morgan fingerprint density at radius 1 is 1.18 bits per heavy atom. The molecule has 1 aromatic rings. The highest BCUT2D eigenvalue weighted by atomic mass is 79.9. The summed E-state index contributed by atoms with van der Waals surface area (Å²) in [7, 11) is -3.27. The number of nitrogen functional groups attached to an aromatic ring is 1. The van der Waals surface area contributed by atoms with Crippen molar-refractivity contribution in [3.63, 3.8) is 0 Å². The predicted molar refractivity (Wildman–Crippen MR) is 72.6 cm³/mol. The highest BCUT2D eigenvalue weighted by Crippen LogP contribution is 2.32. The first kappa shape index (κ1) is 12.9. The molecule has 2 N–H and O–H groups in total. The van der Waals surface area contributed by atoms with Gasteiger partial charge in [-0.05, 0) is 31.0 Å². The molecule has 0 heterocycles. The smallest absolute Gasteiger partial charge is 0.183 e. The molecule has 1 saturated carbocycles. The lowest BCUT2D eigenvalue weighted by Crippen LogP contribution is -2.24. The Balaban J connectivity index is 2.40. The average molecular weight is 318 g/mol. The SMILES string of the molecule is Nc1ccc(Br)cc1S(=O)(=O)C1CCCCC1. The van der Waals surface area contributed by atoms with Crippen LogP contribution < -0.4 is 5.73 Å². The third-order valence-corrected chi connectivity index (χ3v) is 6.08. The largest absolute Gasteiger partial charge is 0.398 e. The Morgan fingerprint density at radius 3 is 2.47 bits per heavy atom. The van der Waals surface area contributed by atoms with E-state index in [-0.39, 0.29) is 10.1 Å². The van der Waals surface area contributed by atoms with Gasteiger partial charge in [-0.3, -0.25) is 0 Å². The molecular formula is C12H16BrNO2S. The van der Waals surface area contributed by atoms with Gasteiger partial charge in [-0.15, -0.1) is 0 Å². The van der Waals surface area contributed by atoms with E-state index >= 15 is 0 Å². The molecule has 0 aromatic heterocycles. The van der Waals surface area contributed by atoms with Crippen molar-refractivity contribution in [2.45, 2.75) is 42.2 Å². The minimum absolute atomic E-state index is 0.257. The molecule has 1 aromatic carbocycles. The van der Waals surface area contributed by atoms with Gasteiger partial charge < -0.3 is 5.73 Å². The molecule has 0 amide bonds. The summed E-state index contributed by atoms with van der Waals surface area (Å²) in [5.41, 5.74) is 6.13. The van der Waals surface area contributed by atoms with Crippen LogP contribution in [0.3, 0.4) is 0 Å². The summed E-state index contributed by atoms with van der Waals surface area (Å²) in [5, 5.41) is -0.257. The van der Waals surface area contributed by atoms with Crippen LogP contribution in [0.15, 0.2) is 27.6 Å². The van der Waals surface area contributed by atoms with Crippen molar-refractivity contribution in [2.75, 3.05) is 5.73 Å². The van der Waals surface area contributed by atoms with Gasteiger partial charge in [0.05, 0.1) is 15.8 Å². The van der Waals surface area contributed by atoms with E-state index in [1.165, 1.54) is 0 Å². The van der Waals surface area contributed by atoms with E-state index in [9.17, 15) is 8.42 Å². The maximum absolute atomic E-state index is 12.5. The molecule has 2 rings (SSSR count). The van der Waals surface area contributed by atoms with Gasteiger partial charge in [0.15, 0.2) is 9.84 Å². The Hall–Kier alpha value is -0.550. The summed E-state index contributed by atoms with van der Waals surface area (Å²) < 4.78 is 25.7. The Morgan fingerprint density at radius 2 is 1.82 bits per heavy atom. The van der Waals surface area contributed by atoms with Gasteiger partial charge in [0.25, 0.3) is 0 Å². The normalized spacial score (nSPS) is 18.2. The molecule has 0 atom stereocenters. The van der Waals surface area contributed by atoms with Gasteiger partial charge in [0.1, 0.15) is 0 Å². The van der Waals surface area contributed by atoms with Gasteiger partial charge in [-0.1, -0.05) is 35.2 Å². The van der Waals surface area contributed by atoms with Crippen molar-refractivity contribution < 1.29 is 8.42 Å². The van der Waals surface area contributed by atoms with E-state index in [1.807, 2.05) is 0 Å². The molecule has 0 radical (unpaired) electrons. The number of rotatable bonds is 2. The van der Waals surface area contributed by atoms with Crippen LogP contribution in [-0.2, 0) is 9.84 Å².